The summed E-state index contributed by atoms with van der Waals surface area (Å²) in [6.45, 7) is 0.660. The Morgan fingerprint density at radius 2 is 1.88 bits per heavy atom. The molecule has 0 saturated carbocycles. The van der Waals surface area contributed by atoms with Crippen LogP contribution in [0.15, 0.2) is 60.8 Å². The quantitative estimate of drug-likeness (QED) is 0.758. The second kappa shape index (κ2) is 7.10. The number of likely N-dealkylation sites (N-methyl/N-ethyl adjacent to an activating group) is 1. The van der Waals surface area contributed by atoms with Crippen LogP contribution in [0, 0.1) is 0 Å². The van der Waals surface area contributed by atoms with Crippen LogP contribution >= 0.6 is 0 Å². The monoisotopic (exact) mass is 321 g/mol. The van der Waals surface area contributed by atoms with Gasteiger partial charge in [-0.2, -0.15) is 0 Å². The zero-order valence-corrected chi connectivity index (χ0v) is 13.4. The summed E-state index contributed by atoms with van der Waals surface area (Å²) in [5.41, 5.74) is 2.09. The molecule has 0 radical (unpaired) electrons. The number of hydrogen-bond donors (Lipinski definition) is 2. The van der Waals surface area contributed by atoms with Crippen LogP contribution in [0.25, 0.3) is 10.8 Å². The van der Waals surface area contributed by atoms with Crippen LogP contribution in [0.5, 0.6) is 0 Å². The number of aliphatic hydroxyl groups excluding tert-OH is 1. The molecule has 1 amide bonds. The number of fused-ring (bicyclic) bond motifs is 1. The highest BCUT2D eigenvalue weighted by atomic mass is 16.3. The molecule has 122 valence electrons. The molecule has 2 N–H and O–H groups in total. The van der Waals surface area contributed by atoms with Crippen LogP contribution < -0.4 is 10.2 Å². The van der Waals surface area contributed by atoms with Crippen molar-refractivity contribution in [2.45, 2.75) is 0 Å². The number of rotatable bonds is 5. The number of carbonyl (C=O) groups excluding carboxylic acids is 1. The number of aliphatic hydroxyl groups is 1. The van der Waals surface area contributed by atoms with E-state index in [1.54, 1.807) is 6.20 Å². The Kier molecular flexibility index (Phi) is 4.72. The summed E-state index contributed by atoms with van der Waals surface area (Å²) in [7, 11) is 1.91. The molecule has 5 heteroatoms. The molecule has 0 aliphatic heterocycles. The van der Waals surface area contributed by atoms with Gasteiger partial charge in [0.2, 0.25) is 0 Å². The fourth-order valence-corrected chi connectivity index (χ4v) is 2.57. The van der Waals surface area contributed by atoms with Gasteiger partial charge in [-0.3, -0.25) is 9.78 Å². The first-order valence-corrected chi connectivity index (χ1v) is 7.76. The minimum atomic E-state index is -0.233. The van der Waals surface area contributed by atoms with E-state index in [1.165, 1.54) is 0 Å². The highest BCUT2D eigenvalue weighted by Gasteiger charge is 2.11. The van der Waals surface area contributed by atoms with E-state index in [-0.39, 0.29) is 12.5 Å². The molecule has 0 aliphatic rings. The van der Waals surface area contributed by atoms with E-state index in [9.17, 15) is 4.79 Å². The Bertz CT molecular complexity index is 841. The summed E-state index contributed by atoms with van der Waals surface area (Å²) in [5, 5.41) is 13.7. The minimum Gasteiger partial charge on any atom is -0.395 e. The van der Waals surface area contributed by atoms with Crippen LogP contribution in [0.2, 0.25) is 0 Å². The van der Waals surface area contributed by atoms with Gasteiger partial charge < -0.3 is 15.3 Å². The molecular formula is C19H19N3O2. The summed E-state index contributed by atoms with van der Waals surface area (Å²) < 4.78 is 0. The van der Waals surface area contributed by atoms with Gasteiger partial charge in [0.05, 0.1) is 6.61 Å². The summed E-state index contributed by atoms with van der Waals surface area (Å²) in [4.78, 5) is 18.7. The lowest BCUT2D eigenvalue weighted by Gasteiger charge is -2.18. The van der Waals surface area contributed by atoms with Crippen LogP contribution in [0.1, 0.15) is 10.5 Å². The molecular weight excluding hydrogens is 302 g/mol. The highest BCUT2D eigenvalue weighted by Crippen LogP contribution is 2.20. The van der Waals surface area contributed by atoms with E-state index >= 15 is 0 Å². The average molecular weight is 321 g/mol. The lowest BCUT2D eigenvalue weighted by molar-refractivity contribution is 0.102. The third kappa shape index (κ3) is 3.36. The zero-order chi connectivity index (χ0) is 16.9. The molecule has 0 aliphatic carbocycles. The van der Waals surface area contributed by atoms with Crippen molar-refractivity contribution in [3.8, 4) is 0 Å². The molecule has 2 aromatic carbocycles. The minimum absolute atomic E-state index is 0.0989. The average Bonchev–Trinajstić information content (AvgIpc) is 2.62. The number of hydrogen-bond acceptors (Lipinski definition) is 4. The zero-order valence-electron chi connectivity index (χ0n) is 13.4. The topological polar surface area (TPSA) is 65.5 Å². The first-order chi connectivity index (χ1) is 11.7. The number of nitrogens with zero attached hydrogens (tertiary/aromatic N) is 2. The molecule has 0 spiro atoms. The van der Waals surface area contributed by atoms with E-state index in [4.69, 9.17) is 5.11 Å². The molecule has 1 heterocycles. The number of anilines is 2. The third-order valence-electron chi connectivity index (χ3n) is 3.89. The van der Waals surface area contributed by atoms with E-state index in [0.717, 1.165) is 16.5 Å². The Labute approximate surface area is 140 Å². The molecule has 0 unspecified atom stereocenters. The van der Waals surface area contributed by atoms with E-state index in [0.29, 0.717) is 17.9 Å². The standard InChI is InChI=1S/C19H19N3O2/c1-22(12-13-23)16-8-6-15(7-9-16)21-19(24)18-17-5-3-2-4-14(17)10-11-20-18/h2-11,23H,12-13H2,1H3,(H,21,24). The van der Waals surface area contributed by atoms with E-state index in [1.807, 2.05) is 66.5 Å². The van der Waals surface area contributed by atoms with Crippen LogP contribution in [0.4, 0.5) is 11.4 Å². The largest absolute Gasteiger partial charge is 0.395 e. The van der Waals surface area contributed by atoms with Crippen molar-refractivity contribution in [3.05, 3.63) is 66.5 Å². The van der Waals surface area contributed by atoms with Gasteiger partial charge in [0.1, 0.15) is 5.69 Å². The normalized spacial score (nSPS) is 10.6. The van der Waals surface area contributed by atoms with E-state index < -0.39 is 0 Å². The fourth-order valence-electron chi connectivity index (χ4n) is 2.57. The molecule has 3 rings (SSSR count). The maximum atomic E-state index is 12.5. The van der Waals surface area contributed by atoms with Crippen molar-refractivity contribution in [2.75, 3.05) is 30.4 Å². The van der Waals surface area contributed by atoms with E-state index in [2.05, 4.69) is 10.3 Å². The Hall–Kier alpha value is -2.92. The Balaban J connectivity index is 1.79. The lowest BCUT2D eigenvalue weighted by atomic mass is 10.1. The van der Waals surface area contributed by atoms with Crippen LogP contribution in [-0.4, -0.2) is 36.2 Å². The molecule has 1 aromatic heterocycles. The number of carbonyl (C=O) groups is 1. The fraction of sp³-hybridized carbons (Fsp3) is 0.158. The maximum absolute atomic E-state index is 12.5. The van der Waals surface area contributed by atoms with Gasteiger partial charge in [-0.05, 0) is 35.7 Å². The van der Waals surface area contributed by atoms with Crippen molar-refractivity contribution in [2.24, 2.45) is 0 Å². The number of nitrogens with one attached hydrogen (secondary N) is 1. The van der Waals surface area contributed by atoms with Gasteiger partial charge >= 0.3 is 0 Å². The molecule has 0 fully saturated rings. The van der Waals surface area contributed by atoms with Crippen molar-refractivity contribution in [3.63, 3.8) is 0 Å². The summed E-state index contributed by atoms with van der Waals surface area (Å²) >= 11 is 0. The lowest BCUT2D eigenvalue weighted by Crippen LogP contribution is -2.21. The summed E-state index contributed by atoms with van der Waals surface area (Å²) in [5.74, 6) is -0.233. The highest BCUT2D eigenvalue weighted by molar-refractivity contribution is 6.11. The Morgan fingerprint density at radius 3 is 2.62 bits per heavy atom. The van der Waals surface area contributed by atoms with Gasteiger partial charge in [-0.1, -0.05) is 24.3 Å². The van der Waals surface area contributed by atoms with Gasteiger partial charge in [0.15, 0.2) is 0 Å². The number of aromatic nitrogens is 1. The van der Waals surface area contributed by atoms with Crippen LogP contribution in [0.3, 0.4) is 0 Å². The van der Waals surface area contributed by atoms with Crippen molar-refractivity contribution in [1.29, 1.82) is 0 Å². The second-order valence-electron chi connectivity index (χ2n) is 5.53. The second-order valence-corrected chi connectivity index (χ2v) is 5.53. The molecule has 0 atom stereocenters. The van der Waals surface area contributed by atoms with Gasteiger partial charge in [-0.25, -0.2) is 0 Å². The van der Waals surface area contributed by atoms with Crippen LogP contribution in [-0.2, 0) is 0 Å². The Morgan fingerprint density at radius 1 is 1.12 bits per heavy atom. The predicted octanol–water partition coefficient (Wildman–Crippen LogP) is 2.92. The molecule has 0 saturated heterocycles. The number of amides is 1. The van der Waals surface area contributed by atoms with Crippen molar-refractivity contribution < 1.29 is 9.90 Å². The SMILES string of the molecule is CN(CCO)c1ccc(NC(=O)c2nccc3ccccc23)cc1. The number of pyridine rings is 1. The van der Waals surface area contributed by atoms with Gasteiger partial charge in [0, 0.05) is 36.6 Å². The summed E-state index contributed by atoms with van der Waals surface area (Å²) in [6.07, 6.45) is 1.64. The first-order valence-electron chi connectivity index (χ1n) is 7.76. The smallest absolute Gasteiger partial charge is 0.274 e. The molecule has 24 heavy (non-hydrogen) atoms. The molecule has 5 nitrogen and oxygen atoms in total. The third-order valence-corrected chi connectivity index (χ3v) is 3.89. The molecule has 0 bridgehead atoms. The van der Waals surface area contributed by atoms with Crippen molar-refractivity contribution in [1.82, 2.24) is 4.98 Å². The summed E-state index contributed by atoms with van der Waals surface area (Å²) in [6, 6.07) is 17.1. The predicted molar refractivity (Wildman–Crippen MR) is 96.5 cm³/mol. The van der Waals surface area contributed by atoms with Crippen molar-refractivity contribution >= 4 is 28.1 Å². The first kappa shape index (κ1) is 16.0. The molecule has 3 aromatic rings. The van der Waals surface area contributed by atoms with Gasteiger partial charge in [-0.15, -0.1) is 0 Å². The maximum Gasteiger partial charge on any atom is 0.274 e. The van der Waals surface area contributed by atoms with Gasteiger partial charge in [0.25, 0.3) is 5.91 Å². The number of benzene rings is 2.